The van der Waals surface area contributed by atoms with Gasteiger partial charge in [-0.1, -0.05) is 17.3 Å². The molecule has 1 aromatic carbocycles. The zero-order chi connectivity index (χ0) is 16.0. The maximum absolute atomic E-state index is 12.8. The first kappa shape index (κ1) is 14.5. The molecular weight excluding hydrogens is 290 g/mol. The maximum Gasteiger partial charge on any atom is 0.244 e. The van der Waals surface area contributed by atoms with Crippen LogP contribution in [0.25, 0.3) is 11.1 Å². The molecule has 3 heterocycles. The van der Waals surface area contributed by atoms with Crippen molar-refractivity contribution in [3.05, 3.63) is 35.2 Å². The van der Waals surface area contributed by atoms with Crippen LogP contribution in [0.2, 0.25) is 0 Å². The molecule has 0 bridgehead atoms. The van der Waals surface area contributed by atoms with Gasteiger partial charge in [-0.2, -0.15) is 0 Å². The highest BCUT2D eigenvalue weighted by Crippen LogP contribution is 2.39. The van der Waals surface area contributed by atoms with E-state index in [0.717, 1.165) is 60.6 Å². The molecule has 1 aromatic heterocycles. The molecule has 1 N–H and O–H groups in total. The molecule has 120 valence electrons. The number of nitrogens with zero attached hydrogens (tertiary/aromatic N) is 2. The van der Waals surface area contributed by atoms with Crippen molar-refractivity contribution in [1.29, 1.82) is 0 Å². The second-order valence-electron chi connectivity index (χ2n) is 6.39. The van der Waals surface area contributed by atoms with Crippen molar-refractivity contribution in [3.63, 3.8) is 0 Å². The van der Waals surface area contributed by atoms with Crippen LogP contribution in [0.1, 0.15) is 29.9 Å². The van der Waals surface area contributed by atoms with E-state index >= 15 is 0 Å². The van der Waals surface area contributed by atoms with Crippen LogP contribution in [0, 0.1) is 13.8 Å². The number of aromatic nitrogens is 1. The summed E-state index contributed by atoms with van der Waals surface area (Å²) < 4.78 is 5.32. The number of amides is 1. The molecule has 0 aliphatic carbocycles. The maximum atomic E-state index is 12.8. The lowest BCUT2D eigenvalue weighted by Gasteiger charge is -2.21. The Morgan fingerprint density at radius 3 is 2.96 bits per heavy atom. The van der Waals surface area contributed by atoms with Gasteiger partial charge in [0.15, 0.2) is 0 Å². The fourth-order valence-electron chi connectivity index (χ4n) is 3.85. The lowest BCUT2D eigenvalue weighted by atomic mass is 9.96. The minimum atomic E-state index is -0.0244. The third-order valence-corrected chi connectivity index (χ3v) is 4.95. The van der Waals surface area contributed by atoms with Crippen LogP contribution < -0.4 is 10.2 Å². The van der Waals surface area contributed by atoms with Gasteiger partial charge in [-0.05, 0) is 56.8 Å². The Morgan fingerprint density at radius 1 is 1.39 bits per heavy atom. The molecule has 5 nitrogen and oxygen atoms in total. The van der Waals surface area contributed by atoms with Gasteiger partial charge in [0.25, 0.3) is 0 Å². The van der Waals surface area contributed by atoms with Crippen molar-refractivity contribution in [2.24, 2.45) is 0 Å². The number of rotatable bonds is 2. The Hall–Kier alpha value is -2.14. The Balaban J connectivity index is 1.74. The summed E-state index contributed by atoms with van der Waals surface area (Å²) in [6.45, 7) is 5.60. The van der Waals surface area contributed by atoms with Gasteiger partial charge in [0.1, 0.15) is 5.76 Å². The molecule has 0 spiro atoms. The molecule has 2 aromatic rings. The number of hydrogen-bond donors (Lipinski definition) is 1. The van der Waals surface area contributed by atoms with Crippen LogP contribution >= 0.6 is 0 Å². The number of anilines is 1. The third-order valence-electron chi connectivity index (χ3n) is 4.95. The fraction of sp³-hybridized carbons (Fsp3) is 0.444. The average molecular weight is 311 g/mol. The summed E-state index contributed by atoms with van der Waals surface area (Å²) in [5.41, 5.74) is 5.39. The van der Waals surface area contributed by atoms with Gasteiger partial charge in [-0.15, -0.1) is 0 Å². The van der Waals surface area contributed by atoms with E-state index in [1.54, 1.807) is 0 Å². The number of nitrogens with one attached hydrogen (secondary N) is 1. The van der Waals surface area contributed by atoms with Crippen molar-refractivity contribution in [2.75, 3.05) is 18.0 Å². The molecule has 1 atom stereocenters. The van der Waals surface area contributed by atoms with Gasteiger partial charge in [0, 0.05) is 17.8 Å². The average Bonchev–Trinajstić information content (AvgIpc) is 3.27. The predicted molar refractivity (Wildman–Crippen MR) is 88.5 cm³/mol. The van der Waals surface area contributed by atoms with Crippen LogP contribution in [0.5, 0.6) is 0 Å². The molecular formula is C18H21N3O2. The van der Waals surface area contributed by atoms with Crippen molar-refractivity contribution in [1.82, 2.24) is 10.5 Å². The molecule has 23 heavy (non-hydrogen) atoms. The van der Waals surface area contributed by atoms with E-state index in [0.29, 0.717) is 0 Å². The van der Waals surface area contributed by atoms with Crippen LogP contribution in [0.15, 0.2) is 22.7 Å². The second-order valence-corrected chi connectivity index (χ2v) is 6.39. The fourth-order valence-corrected chi connectivity index (χ4v) is 3.85. The van der Waals surface area contributed by atoms with Crippen LogP contribution in [0.3, 0.4) is 0 Å². The highest BCUT2D eigenvalue weighted by atomic mass is 16.5. The predicted octanol–water partition coefficient (Wildman–Crippen LogP) is 2.60. The van der Waals surface area contributed by atoms with Gasteiger partial charge < -0.3 is 14.7 Å². The van der Waals surface area contributed by atoms with E-state index in [1.807, 2.05) is 24.8 Å². The van der Waals surface area contributed by atoms with Crippen molar-refractivity contribution >= 4 is 11.6 Å². The molecule has 0 saturated carbocycles. The number of carbonyl (C=O) groups excluding carboxylic acids is 1. The summed E-state index contributed by atoms with van der Waals surface area (Å²) >= 11 is 0. The van der Waals surface area contributed by atoms with E-state index < -0.39 is 0 Å². The monoisotopic (exact) mass is 311 g/mol. The summed E-state index contributed by atoms with van der Waals surface area (Å²) in [5.74, 6) is 1.04. The second kappa shape index (κ2) is 5.49. The first-order valence-electron chi connectivity index (χ1n) is 8.26. The van der Waals surface area contributed by atoms with Crippen molar-refractivity contribution in [3.8, 4) is 11.1 Å². The van der Waals surface area contributed by atoms with Crippen molar-refractivity contribution < 1.29 is 9.32 Å². The van der Waals surface area contributed by atoms with Crippen LogP contribution in [-0.4, -0.2) is 30.2 Å². The molecule has 1 unspecified atom stereocenters. The molecule has 4 rings (SSSR count). The number of aryl methyl sites for hydroxylation is 2. The van der Waals surface area contributed by atoms with E-state index in [1.165, 1.54) is 5.56 Å². The number of fused-ring (bicyclic) bond motifs is 1. The normalized spacial score (nSPS) is 20.1. The zero-order valence-electron chi connectivity index (χ0n) is 13.6. The summed E-state index contributed by atoms with van der Waals surface area (Å²) in [7, 11) is 0. The minimum absolute atomic E-state index is 0.0244. The summed E-state index contributed by atoms with van der Waals surface area (Å²) in [6, 6.07) is 6.15. The first-order valence-corrected chi connectivity index (χ1v) is 8.26. The summed E-state index contributed by atoms with van der Waals surface area (Å²) in [6.07, 6.45) is 2.90. The smallest absolute Gasteiger partial charge is 0.244 e. The first-order chi connectivity index (χ1) is 11.2. The van der Waals surface area contributed by atoms with Gasteiger partial charge in [-0.3, -0.25) is 4.79 Å². The van der Waals surface area contributed by atoms with Crippen LogP contribution in [0.4, 0.5) is 5.69 Å². The van der Waals surface area contributed by atoms with E-state index in [2.05, 4.69) is 22.6 Å². The topological polar surface area (TPSA) is 58.4 Å². The highest BCUT2D eigenvalue weighted by molar-refractivity contribution is 6.00. The number of benzene rings is 1. The Labute approximate surface area is 135 Å². The van der Waals surface area contributed by atoms with Gasteiger partial charge in [-0.25, -0.2) is 0 Å². The van der Waals surface area contributed by atoms with Gasteiger partial charge in [0.05, 0.1) is 11.7 Å². The Kier molecular flexibility index (Phi) is 3.45. The lowest BCUT2D eigenvalue weighted by molar-refractivity contribution is -0.120. The zero-order valence-corrected chi connectivity index (χ0v) is 13.6. The quantitative estimate of drug-likeness (QED) is 0.926. The highest BCUT2D eigenvalue weighted by Gasteiger charge is 2.33. The van der Waals surface area contributed by atoms with E-state index in [-0.39, 0.29) is 11.9 Å². The van der Waals surface area contributed by atoms with Crippen LogP contribution in [-0.2, 0) is 11.2 Å². The standard InChI is InChI=1S/C18H21N3O2/c1-11-17(12(2)23-20-11)14-5-3-7-16-13(14)8-10-21(16)18(22)15-6-4-9-19-15/h3,5,7,15,19H,4,6,8-10H2,1-2H3. The number of hydrogen-bond acceptors (Lipinski definition) is 4. The summed E-state index contributed by atoms with van der Waals surface area (Å²) in [5, 5.41) is 7.38. The summed E-state index contributed by atoms with van der Waals surface area (Å²) in [4.78, 5) is 14.7. The third kappa shape index (κ3) is 2.27. The molecule has 2 aliphatic rings. The molecule has 1 amide bonds. The van der Waals surface area contributed by atoms with Gasteiger partial charge in [0.2, 0.25) is 5.91 Å². The Morgan fingerprint density at radius 2 is 2.26 bits per heavy atom. The number of carbonyl (C=O) groups is 1. The van der Waals surface area contributed by atoms with E-state index in [4.69, 9.17) is 4.52 Å². The SMILES string of the molecule is Cc1noc(C)c1-c1cccc2c1CCN2C(=O)C1CCCN1. The molecule has 2 aliphatic heterocycles. The molecule has 0 radical (unpaired) electrons. The minimum Gasteiger partial charge on any atom is -0.361 e. The van der Waals surface area contributed by atoms with Gasteiger partial charge >= 0.3 is 0 Å². The Bertz CT molecular complexity index is 740. The molecule has 5 heteroatoms. The lowest BCUT2D eigenvalue weighted by Crippen LogP contribution is -2.42. The van der Waals surface area contributed by atoms with E-state index in [9.17, 15) is 4.79 Å². The largest absolute Gasteiger partial charge is 0.361 e. The molecule has 1 fully saturated rings. The van der Waals surface area contributed by atoms with Crippen molar-refractivity contribution in [2.45, 2.75) is 39.2 Å². The molecule has 1 saturated heterocycles.